The molecule has 0 unspecified atom stereocenters. The Morgan fingerprint density at radius 2 is 1.67 bits per heavy atom. The average molecular weight is 507 g/mol. The highest BCUT2D eigenvalue weighted by Crippen LogP contribution is 2.36. The third-order valence-electron chi connectivity index (χ3n) is 5.08. The number of nitrogens with zero attached hydrogens (tertiary/aromatic N) is 1. The number of aryl methyl sites for hydroxylation is 1. The fourth-order valence-corrected chi connectivity index (χ4v) is 3.80. The lowest BCUT2D eigenvalue weighted by Crippen LogP contribution is -2.35. The second-order valence-corrected chi connectivity index (χ2v) is 8.36. The first-order valence-corrected chi connectivity index (χ1v) is 11.3. The second-order valence-electron chi connectivity index (χ2n) is 7.50. The van der Waals surface area contributed by atoms with E-state index in [0.29, 0.717) is 40.4 Å². The van der Waals surface area contributed by atoms with E-state index >= 15 is 0 Å². The van der Waals surface area contributed by atoms with Crippen LogP contribution in [0.3, 0.4) is 0 Å². The maximum atomic E-state index is 12.9. The molecule has 0 saturated carbocycles. The summed E-state index contributed by atoms with van der Waals surface area (Å²) in [5, 5.41) is 1.24. The summed E-state index contributed by atoms with van der Waals surface area (Å²) in [6.45, 7) is 4.76. The van der Waals surface area contributed by atoms with Crippen LogP contribution in [0.4, 0.5) is 5.69 Å². The first kappa shape index (κ1) is 22.6. The van der Waals surface area contributed by atoms with E-state index in [4.69, 9.17) is 9.47 Å². The number of rotatable bonds is 7. The van der Waals surface area contributed by atoms with Gasteiger partial charge >= 0.3 is 0 Å². The van der Waals surface area contributed by atoms with E-state index in [0.717, 1.165) is 5.56 Å². The van der Waals surface area contributed by atoms with Gasteiger partial charge in [0.2, 0.25) is 0 Å². The van der Waals surface area contributed by atoms with Crippen molar-refractivity contribution >= 4 is 39.5 Å². The van der Waals surface area contributed by atoms with E-state index in [-0.39, 0.29) is 5.57 Å². The molecule has 1 N–H and O–H groups in total. The van der Waals surface area contributed by atoms with Gasteiger partial charge in [0, 0.05) is 4.47 Å². The molecule has 1 fully saturated rings. The predicted octanol–water partition coefficient (Wildman–Crippen LogP) is 5.20. The minimum absolute atomic E-state index is 0.0373. The zero-order valence-corrected chi connectivity index (χ0v) is 19.9. The molecule has 2 amide bonds. The predicted molar refractivity (Wildman–Crippen MR) is 131 cm³/mol. The van der Waals surface area contributed by atoms with Crippen molar-refractivity contribution in [2.24, 2.45) is 0 Å². The summed E-state index contributed by atoms with van der Waals surface area (Å²) in [5.41, 5.74) is 6.10. The molecule has 0 aromatic heterocycles. The van der Waals surface area contributed by atoms with Gasteiger partial charge in [-0.1, -0.05) is 64.0 Å². The smallest absolute Gasteiger partial charge is 0.282 e. The van der Waals surface area contributed by atoms with Crippen LogP contribution in [0.5, 0.6) is 11.5 Å². The molecule has 0 spiro atoms. The van der Waals surface area contributed by atoms with Crippen molar-refractivity contribution in [3.63, 3.8) is 0 Å². The fourth-order valence-electron chi connectivity index (χ4n) is 3.36. The molecule has 1 aliphatic rings. The molecule has 0 bridgehead atoms. The van der Waals surface area contributed by atoms with Gasteiger partial charge in [0.05, 0.1) is 12.3 Å². The highest BCUT2D eigenvalue weighted by atomic mass is 79.9. The molecule has 1 aliphatic heterocycles. The van der Waals surface area contributed by atoms with Gasteiger partial charge in [0.1, 0.15) is 12.2 Å². The molecule has 1 saturated heterocycles. The van der Waals surface area contributed by atoms with Crippen LogP contribution in [0.15, 0.2) is 76.8 Å². The summed E-state index contributed by atoms with van der Waals surface area (Å²) in [7, 11) is 0. The number of carbonyl (C=O) groups is 2. The van der Waals surface area contributed by atoms with Crippen molar-refractivity contribution in [3.8, 4) is 11.5 Å². The van der Waals surface area contributed by atoms with Crippen molar-refractivity contribution < 1.29 is 19.1 Å². The highest BCUT2D eigenvalue weighted by molar-refractivity contribution is 9.10. The van der Waals surface area contributed by atoms with Gasteiger partial charge in [-0.2, -0.15) is 0 Å². The van der Waals surface area contributed by atoms with Crippen molar-refractivity contribution in [2.45, 2.75) is 20.5 Å². The molecule has 0 atom stereocenters. The molecule has 0 radical (unpaired) electrons. The van der Waals surface area contributed by atoms with E-state index in [9.17, 15) is 9.59 Å². The monoisotopic (exact) mass is 506 g/mol. The van der Waals surface area contributed by atoms with E-state index in [1.807, 2.05) is 44.2 Å². The minimum Gasteiger partial charge on any atom is -0.490 e. The van der Waals surface area contributed by atoms with Gasteiger partial charge < -0.3 is 9.47 Å². The van der Waals surface area contributed by atoms with Gasteiger partial charge in [-0.15, -0.1) is 0 Å². The average Bonchev–Trinajstić information content (AvgIpc) is 3.10. The number of benzene rings is 3. The maximum Gasteiger partial charge on any atom is 0.282 e. The first-order chi connectivity index (χ1) is 16.0. The van der Waals surface area contributed by atoms with Crippen LogP contribution >= 0.6 is 15.9 Å². The summed E-state index contributed by atoms with van der Waals surface area (Å²) < 4.78 is 12.5. The number of hydrogen-bond acceptors (Lipinski definition) is 4. The Balaban J connectivity index is 1.60. The number of ether oxygens (including phenoxy) is 2. The number of para-hydroxylation sites is 1. The Morgan fingerprint density at radius 1 is 0.970 bits per heavy atom. The highest BCUT2D eigenvalue weighted by Gasteiger charge is 2.34. The lowest BCUT2D eigenvalue weighted by atomic mass is 10.1. The summed E-state index contributed by atoms with van der Waals surface area (Å²) in [6, 6.07) is 20.6. The largest absolute Gasteiger partial charge is 0.490 e. The lowest BCUT2D eigenvalue weighted by molar-refractivity contribution is -0.117. The van der Waals surface area contributed by atoms with E-state index in [1.165, 1.54) is 10.6 Å². The second kappa shape index (κ2) is 9.92. The maximum absolute atomic E-state index is 12.9. The van der Waals surface area contributed by atoms with Gasteiger partial charge in [-0.3, -0.25) is 15.0 Å². The molecule has 0 aliphatic carbocycles. The number of hydrazine groups is 1. The Morgan fingerprint density at radius 3 is 2.36 bits per heavy atom. The molecule has 33 heavy (non-hydrogen) atoms. The number of halogens is 1. The van der Waals surface area contributed by atoms with Crippen LogP contribution in [0.2, 0.25) is 0 Å². The number of carbonyl (C=O) groups excluding carboxylic acids is 2. The molecular weight excluding hydrogens is 484 g/mol. The Kier molecular flexibility index (Phi) is 6.79. The van der Waals surface area contributed by atoms with Gasteiger partial charge in [-0.05, 0) is 55.3 Å². The molecule has 4 rings (SSSR count). The number of nitrogens with one attached hydrogen (secondary N) is 1. The Labute approximate surface area is 200 Å². The number of amides is 2. The van der Waals surface area contributed by atoms with E-state index in [1.54, 1.807) is 42.5 Å². The standard InChI is InChI=1S/C26H23BrN2O4/c1-3-32-23-14-19(22(27)15-24(23)33-16-18-11-9-17(2)10-12-18)13-21-25(30)28-29(26(21)31)20-7-5-4-6-8-20/h4-15H,3,16H2,1-2H3,(H,28,30)/b21-13-. The number of anilines is 1. The summed E-state index contributed by atoms with van der Waals surface area (Å²) in [6.07, 6.45) is 1.55. The SMILES string of the molecule is CCOc1cc(/C=C2/C(=O)NN(c3ccccc3)C2=O)c(Br)cc1OCc1ccc(C)cc1. The molecular formula is C26H23BrN2O4. The van der Waals surface area contributed by atoms with Crippen LogP contribution in [0.25, 0.3) is 6.08 Å². The molecule has 1 heterocycles. The van der Waals surface area contributed by atoms with Crippen LogP contribution in [0.1, 0.15) is 23.6 Å². The molecule has 6 nitrogen and oxygen atoms in total. The molecule has 168 valence electrons. The van der Waals surface area contributed by atoms with Crippen molar-refractivity contribution in [1.29, 1.82) is 0 Å². The van der Waals surface area contributed by atoms with Crippen LogP contribution in [0, 0.1) is 6.92 Å². The summed E-state index contributed by atoms with van der Waals surface area (Å²) in [4.78, 5) is 25.4. The zero-order chi connectivity index (χ0) is 23.4. The zero-order valence-electron chi connectivity index (χ0n) is 18.3. The Hall–Kier alpha value is -3.58. The van der Waals surface area contributed by atoms with Crippen molar-refractivity contribution in [2.75, 3.05) is 11.6 Å². The fraction of sp³-hybridized carbons (Fsp3) is 0.154. The van der Waals surface area contributed by atoms with Crippen LogP contribution in [-0.4, -0.2) is 18.4 Å². The van der Waals surface area contributed by atoms with E-state index in [2.05, 4.69) is 21.4 Å². The lowest BCUT2D eigenvalue weighted by Gasteiger charge is -2.15. The first-order valence-electron chi connectivity index (χ1n) is 10.5. The van der Waals surface area contributed by atoms with Crippen molar-refractivity contribution in [3.05, 3.63) is 93.5 Å². The molecule has 7 heteroatoms. The van der Waals surface area contributed by atoms with Crippen molar-refractivity contribution in [1.82, 2.24) is 5.43 Å². The van der Waals surface area contributed by atoms with Crippen LogP contribution in [-0.2, 0) is 16.2 Å². The van der Waals surface area contributed by atoms with Gasteiger partial charge in [0.15, 0.2) is 11.5 Å². The minimum atomic E-state index is -0.464. The normalized spacial score (nSPS) is 14.5. The van der Waals surface area contributed by atoms with Gasteiger partial charge in [0.25, 0.3) is 11.8 Å². The third kappa shape index (κ3) is 5.09. The van der Waals surface area contributed by atoms with Gasteiger partial charge in [-0.25, -0.2) is 5.01 Å². The topological polar surface area (TPSA) is 67.9 Å². The summed E-state index contributed by atoms with van der Waals surface area (Å²) in [5.74, 6) is 0.217. The summed E-state index contributed by atoms with van der Waals surface area (Å²) >= 11 is 3.54. The van der Waals surface area contributed by atoms with Crippen LogP contribution < -0.4 is 19.9 Å². The van der Waals surface area contributed by atoms with E-state index < -0.39 is 11.8 Å². The molecule has 3 aromatic carbocycles. The quantitative estimate of drug-likeness (QED) is 0.353. The number of hydrogen-bond donors (Lipinski definition) is 1. The Bertz CT molecular complexity index is 1210. The third-order valence-corrected chi connectivity index (χ3v) is 5.77. The molecule has 3 aromatic rings.